The monoisotopic (exact) mass is 296 g/mol. The molecule has 0 aliphatic rings. The molecule has 8 heteroatoms. The molecule has 1 rings (SSSR count). The minimum Gasteiger partial charge on any atom is -0.478 e. The summed E-state index contributed by atoms with van der Waals surface area (Å²) < 4.78 is 5.06. The van der Waals surface area contributed by atoms with Crippen molar-refractivity contribution in [3.8, 4) is 0 Å². The van der Waals surface area contributed by atoms with Crippen molar-refractivity contribution >= 4 is 17.6 Å². The molecule has 21 heavy (non-hydrogen) atoms. The Morgan fingerprint density at radius 2 is 1.86 bits per heavy atom. The van der Waals surface area contributed by atoms with Crippen LogP contribution in [0.25, 0.3) is 0 Å². The molecule has 2 N–H and O–H groups in total. The van der Waals surface area contributed by atoms with E-state index in [4.69, 9.17) is 9.84 Å². The van der Waals surface area contributed by atoms with Gasteiger partial charge in [0.1, 0.15) is 0 Å². The van der Waals surface area contributed by atoms with Crippen LogP contribution in [-0.2, 0) is 4.74 Å². The Kier molecular flexibility index (Phi) is 5.37. The second-order valence-corrected chi connectivity index (χ2v) is 4.53. The maximum Gasteiger partial charge on any atom is 0.335 e. The third kappa shape index (κ3) is 4.25. The van der Waals surface area contributed by atoms with E-state index < -0.39 is 22.5 Å². The predicted molar refractivity (Wildman–Crippen MR) is 73.5 cm³/mol. The number of aromatic carboxylic acids is 1. The van der Waals surface area contributed by atoms with Crippen LogP contribution in [0.5, 0.6) is 0 Å². The summed E-state index contributed by atoms with van der Waals surface area (Å²) >= 11 is 0. The third-order valence-corrected chi connectivity index (χ3v) is 3.07. The molecule has 0 spiro atoms. The summed E-state index contributed by atoms with van der Waals surface area (Å²) in [6, 6.07) is 2.69. The zero-order valence-electron chi connectivity index (χ0n) is 11.8. The highest BCUT2D eigenvalue weighted by atomic mass is 16.6. The van der Waals surface area contributed by atoms with Crippen molar-refractivity contribution < 1.29 is 24.4 Å². The van der Waals surface area contributed by atoms with Crippen LogP contribution in [-0.4, -0.2) is 41.2 Å². The Morgan fingerprint density at radius 1 is 1.29 bits per heavy atom. The first-order chi connectivity index (χ1) is 9.76. The first kappa shape index (κ1) is 16.6. The Hall–Kier alpha value is -2.48. The number of rotatable bonds is 6. The Balaban J connectivity index is 3.08. The molecule has 114 valence electrons. The largest absolute Gasteiger partial charge is 0.478 e. The highest BCUT2D eigenvalue weighted by Gasteiger charge is 2.20. The molecule has 0 aliphatic carbocycles. The van der Waals surface area contributed by atoms with Crippen molar-refractivity contribution in [3.05, 3.63) is 39.4 Å². The van der Waals surface area contributed by atoms with Gasteiger partial charge in [-0.15, -0.1) is 0 Å². The maximum absolute atomic E-state index is 12.0. The minimum atomic E-state index is -1.34. The van der Waals surface area contributed by atoms with Crippen LogP contribution in [0.4, 0.5) is 5.69 Å². The predicted octanol–water partition coefficient (Wildman–Crippen LogP) is 1.45. The van der Waals surface area contributed by atoms with E-state index in [9.17, 15) is 19.7 Å². The number of hydrogen-bond acceptors (Lipinski definition) is 5. The van der Waals surface area contributed by atoms with E-state index >= 15 is 0 Å². The number of carboxylic acid groups (broad SMARTS) is 1. The van der Waals surface area contributed by atoms with Crippen LogP contribution in [0.1, 0.15) is 34.6 Å². The van der Waals surface area contributed by atoms with E-state index in [1.54, 1.807) is 13.8 Å². The van der Waals surface area contributed by atoms with Gasteiger partial charge in [0.2, 0.25) is 0 Å². The molecule has 1 amide bonds. The lowest BCUT2D eigenvalue weighted by atomic mass is 10.1. The van der Waals surface area contributed by atoms with Crippen molar-refractivity contribution in [2.24, 2.45) is 0 Å². The molecule has 1 unspecified atom stereocenters. The number of non-ortho nitro benzene ring substituents is 1. The number of benzene rings is 1. The number of carbonyl (C=O) groups is 2. The van der Waals surface area contributed by atoms with Crippen LogP contribution < -0.4 is 5.32 Å². The van der Waals surface area contributed by atoms with Crippen LogP contribution in [0, 0.1) is 10.1 Å². The number of nitrogens with one attached hydrogen (secondary N) is 1. The molecule has 0 aromatic heterocycles. The van der Waals surface area contributed by atoms with Gasteiger partial charge in [-0.2, -0.15) is 0 Å². The van der Waals surface area contributed by atoms with Gasteiger partial charge in [-0.25, -0.2) is 4.79 Å². The Morgan fingerprint density at radius 3 is 2.33 bits per heavy atom. The van der Waals surface area contributed by atoms with Gasteiger partial charge in [0.25, 0.3) is 11.6 Å². The summed E-state index contributed by atoms with van der Waals surface area (Å²) in [5.41, 5.74) is -0.856. The molecule has 0 radical (unpaired) electrons. The van der Waals surface area contributed by atoms with E-state index in [-0.39, 0.29) is 23.3 Å². The fourth-order valence-electron chi connectivity index (χ4n) is 1.58. The van der Waals surface area contributed by atoms with Gasteiger partial charge in [0.05, 0.1) is 22.6 Å². The van der Waals surface area contributed by atoms with Gasteiger partial charge >= 0.3 is 5.97 Å². The summed E-state index contributed by atoms with van der Waals surface area (Å²) in [7, 11) is 1.49. The summed E-state index contributed by atoms with van der Waals surface area (Å²) in [5.74, 6) is -1.94. The summed E-state index contributed by atoms with van der Waals surface area (Å²) in [6.07, 6.45) is -0.258. The number of carboxylic acids is 1. The van der Waals surface area contributed by atoms with E-state index in [1.807, 2.05) is 0 Å². The molecule has 0 saturated carbocycles. The van der Waals surface area contributed by atoms with Crippen LogP contribution in [0.2, 0.25) is 0 Å². The summed E-state index contributed by atoms with van der Waals surface area (Å²) in [5, 5.41) is 22.3. The zero-order chi connectivity index (χ0) is 16.2. The molecule has 8 nitrogen and oxygen atoms in total. The van der Waals surface area contributed by atoms with E-state index in [1.165, 1.54) is 7.11 Å². The number of amides is 1. The molecular formula is C13H16N2O6. The lowest BCUT2D eigenvalue weighted by Crippen LogP contribution is -2.40. The van der Waals surface area contributed by atoms with Crippen LogP contribution >= 0.6 is 0 Å². The second-order valence-electron chi connectivity index (χ2n) is 4.53. The van der Waals surface area contributed by atoms with Crippen molar-refractivity contribution in [1.29, 1.82) is 0 Å². The third-order valence-electron chi connectivity index (χ3n) is 3.07. The molecule has 0 bridgehead atoms. The van der Waals surface area contributed by atoms with Crippen LogP contribution in [0.15, 0.2) is 18.2 Å². The topological polar surface area (TPSA) is 119 Å². The molecule has 0 saturated heterocycles. The number of nitro groups is 1. The second kappa shape index (κ2) is 6.80. The Labute approximate surface area is 120 Å². The minimum absolute atomic E-state index is 0.0863. The first-order valence-electron chi connectivity index (χ1n) is 6.12. The summed E-state index contributed by atoms with van der Waals surface area (Å²) in [4.78, 5) is 33.0. The van der Waals surface area contributed by atoms with Gasteiger partial charge in [-0.05, 0) is 19.9 Å². The molecule has 0 fully saturated rings. The maximum atomic E-state index is 12.0. The van der Waals surface area contributed by atoms with Gasteiger partial charge in [-0.3, -0.25) is 14.9 Å². The lowest BCUT2D eigenvalue weighted by molar-refractivity contribution is -0.384. The Bertz CT molecular complexity index is 540. The standard InChI is InChI=1S/C13H16N2O6/c1-7(8(2)21-3)14-12(16)9-4-10(13(17)18)6-11(5-9)15(19)20/h4-8H,1-3H3,(H,14,16)(H,17,18)/t7-,8?/m0/s1. The molecular weight excluding hydrogens is 280 g/mol. The molecule has 0 aliphatic heterocycles. The SMILES string of the molecule is COC(C)[C@H](C)NC(=O)c1cc(C(=O)O)cc([N+](=O)[O-])c1. The number of nitrogens with zero attached hydrogens (tertiary/aromatic N) is 1. The van der Waals surface area contributed by atoms with Crippen molar-refractivity contribution in [3.63, 3.8) is 0 Å². The van der Waals surface area contributed by atoms with Crippen LogP contribution in [0.3, 0.4) is 0 Å². The molecule has 1 aromatic carbocycles. The van der Waals surface area contributed by atoms with Crippen molar-refractivity contribution in [2.45, 2.75) is 26.0 Å². The number of methoxy groups -OCH3 is 1. The quantitative estimate of drug-likeness (QED) is 0.605. The normalized spacial score (nSPS) is 13.3. The zero-order valence-corrected chi connectivity index (χ0v) is 11.8. The van der Waals surface area contributed by atoms with Crippen molar-refractivity contribution in [1.82, 2.24) is 5.32 Å². The highest BCUT2D eigenvalue weighted by molar-refractivity contribution is 5.98. The van der Waals surface area contributed by atoms with Gasteiger partial charge in [0.15, 0.2) is 0 Å². The highest BCUT2D eigenvalue weighted by Crippen LogP contribution is 2.17. The molecule has 1 aromatic rings. The van der Waals surface area contributed by atoms with E-state index in [0.717, 1.165) is 18.2 Å². The fraction of sp³-hybridized carbons (Fsp3) is 0.385. The first-order valence-corrected chi connectivity index (χ1v) is 6.12. The van der Waals surface area contributed by atoms with Gasteiger partial charge in [-0.1, -0.05) is 0 Å². The van der Waals surface area contributed by atoms with E-state index in [2.05, 4.69) is 5.32 Å². The number of hydrogen-bond donors (Lipinski definition) is 2. The molecule has 0 heterocycles. The fourth-order valence-corrected chi connectivity index (χ4v) is 1.58. The number of nitro benzene ring substituents is 1. The van der Waals surface area contributed by atoms with Gasteiger partial charge < -0.3 is 15.2 Å². The average Bonchev–Trinajstić information content (AvgIpc) is 2.45. The number of ether oxygens (including phenoxy) is 1. The van der Waals surface area contributed by atoms with Gasteiger partial charge in [0, 0.05) is 24.8 Å². The number of carbonyl (C=O) groups excluding carboxylic acids is 1. The summed E-state index contributed by atoms with van der Waals surface area (Å²) in [6.45, 7) is 3.46. The smallest absolute Gasteiger partial charge is 0.335 e. The lowest BCUT2D eigenvalue weighted by Gasteiger charge is -2.19. The molecule has 2 atom stereocenters. The average molecular weight is 296 g/mol. The van der Waals surface area contributed by atoms with Crippen molar-refractivity contribution in [2.75, 3.05) is 7.11 Å². The van der Waals surface area contributed by atoms with E-state index in [0.29, 0.717) is 0 Å².